The van der Waals surface area contributed by atoms with Gasteiger partial charge in [-0.25, -0.2) is 0 Å². The van der Waals surface area contributed by atoms with Gasteiger partial charge in [-0.1, -0.05) is 23.5 Å². The van der Waals surface area contributed by atoms with Gasteiger partial charge in [-0.05, 0) is 42.6 Å². The first-order chi connectivity index (χ1) is 10.6. The summed E-state index contributed by atoms with van der Waals surface area (Å²) in [5.74, 6) is 0.0195. The van der Waals surface area contributed by atoms with E-state index in [2.05, 4.69) is 38.8 Å². The number of carbonyl (C=O) groups is 1. The molecule has 0 aliphatic rings. The highest BCUT2D eigenvalue weighted by Gasteiger charge is 2.20. The number of amides is 1. The summed E-state index contributed by atoms with van der Waals surface area (Å²) in [6.45, 7) is 5.25. The number of nitrogens with zero attached hydrogens (tertiary/aromatic N) is 4. The summed E-state index contributed by atoms with van der Waals surface area (Å²) in [6, 6.07) is 8.27. The number of aromatic nitrogens is 2. The van der Waals surface area contributed by atoms with Crippen LogP contribution in [0.15, 0.2) is 24.3 Å². The molecule has 0 unspecified atom stereocenters. The number of hydrogen-bond acceptors (Lipinski definition) is 5. The van der Waals surface area contributed by atoms with E-state index in [9.17, 15) is 4.79 Å². The lowest BCUT2D eigenvalue weighted by Crippen LogP contribution is -2.30. The normalized spacial score (nSPS) is 10.5. The maximum absolute atomic E-state index is 12.6. The molecular weight excluding hydrogens is 296 g/mol. The van der Waals surface area contributed by atoms with Crippen molar-refractivity contribution >= 4 is 23.1 Å². The summed E-state index contributed by atoms with van der Waals surface area (Å²) in [5, 5.41) is 4.03. The maximum Gasteiger partial charge on any atom is 0.267 e. The molecule has 22 heavy (non-hydrogen) atoms. The first kappa shape index (κ1) is 16.4. The molecule has 5 nitrogen and oxygen atoms in total. The molecule has 2 aromatic rings. The second kappa shape index (κ2) is 7.35. The minimum atomic E-state index is 0.0195. The lowest BCUT2D eigenvalue weighted by atomic mass is 10.1. The Balaban J connectivity index is 2.13. The fourth-order valence-electron chi connectivity index (χ4n) is 2.19. The van der Waals surface area contributed by atoms with Gasteiger partial charge in [0.15, 0.2) is 0 Å². The van der Waals surface area contributed by atoms with Crippen LogP contribution in [-0.4, -0.2) is 41.0 Å². The van der Waals surface area contributed by atoms with E-state index in [-0.39, 0.29) is 5.91 Å². The molecule has 0 fully saturated rings. The highest BCUT2D eigenvalue weighted by Crippen LogP contribution is 2.18. The third kappa shape index (κ3) is 3.62. The van der Waals surface area contributed by atoms with Gasteiger partial charge in [-0.3, -0.25) is 4.79 Å². The van der Waals surface area contributed by atoms with Crippen LogP contribution in [0, 0.1) is 0 Å². The molecule has 0 bridgehead atoms. The van der Waals surface area contributed by atoms with Gasteiger partial charge in [0, 0.05) is 32.9 Å². The average molecular weight is 318 g/mol. The summed E-state index contributed by atoms with van der Waals surface area (Å²) in [6.07, 6.45) is 0.729. The molecule has 0 aliphatic carbocycles. The van der Waals surface area contributed by atoms with Gasteiger partial charge >= 0.3 is 0 Å². The molecule has 0 N–H and O–H groups in total. The van der Waals surface area contributed by atoms with E-state index in [1.165, 1.54) is 11.5 Å². The van der Waals surface area contributed by atoms with E-state index in [1.807, 2.05) is 32.8 Å². The van der Waals surface area contributed by atoms with E-state index >= 15 is 0 Å². The Morgan fingerprint density at radius 3 is 2.41 bits per heavy atom. The first-order valence-electron chi connectivity index (χ1n) is 7.43. The Kier molecular flexibility index (Phi) is 5.49. The van der Waals surface area contributed by atoms with Crippen LogP contribution in [0.1, 0.15) is 34.8 Å². The van der Waals surface area contributed by atoms with E-state index in [0.717, 1.165) is 23.4 Å². The van der Waals surface area contributed by atoms with Gasteiger partial charge in [0.2, 0.25) is 0 Å². The van der Waals surface area contributed by atoms with Crippen LogP contribution < -0.4 is 4.90 Å². The van der Waals surface area contributed by atoms with Crippen LogP contribution in [-0.2, 0) is 13.0 Å². The SMILES string of the molecule is CCc1nnsc1C(=O)N(CC)Cc1ccc(N(C)C)cc1. The summed E-state index contributed by atoms with van der Waals surface area (Å²) >= 11 is 1.18. The zero-order valence-corrected chi connectivity index (χ0v) is 14.4. The van der Waals surface area contributed by atoms with Crippen molar-refractivity contribution in [3.8, 4) is 0 Å². The van der Waals surface area contributed by atoms with E-state index in [1.54, 1.807) is 0 Å². The minimum Gasteiger partial charge on any atom is -0.378 e. The topological polar surface area (TPSA) is 49.3 Å². The summed E-state index contributed by atoms with van der Waals surface area (Å²) < 4.78 is 3.91. The predicted molar refractivity (Wildman–Crippen MR) is 90.5 cm³/mol. The monoisotopic (exact) mass is 318 g/mol. The molecule has 0 saturated heterocycles. The largest absolute Gasteiger partial charge is 0.378 e. The third-order valence-electron chi connectivity index (χ3n) is 3.58. The van der Waals surface area contributed by atoms with Crippen molar-refractivity contribution in [2.24, 2.45) is 0 Å². The average Bonchev–Trinajstić information content (AvgIpc) is 3.01. The fourth-order valence-corrected chi connectivity index (χ4v) is 2.91. The summed E-state index contributed by atoms with van der Waals surface area (Å²) in [5.41, 5.74) is 3.06. The van der Waals surface area contributed by atoms with Crippen LogP contribution in [0.4, 0.5) is 5.69 Å². The van der Waals surface area contributed by atoms with Crippen LogP contribution in [0.5, 0.6) is 0 Å². The Hall–Kier alpha value is -1.95. The number of aryl methyl sites for hydroxylation is 1. The van der Waals surface area contributed by atoms with E-state index in [4.69, 9.17) is 0 Å². The van der Waals surface area contributed by atoms with Gasteiger partial charge in [0.25, 0.3) is 5.91 Å². The van der Waals surface area contributed by atoms with E-state index in [0.29, 0.717) is 18.0 Å². The zero-order valence-electron chi connectivity index (χ0n) is 13.5. The highest BCUT2D eigenvalue weighted by atomic mass is 32.1. The second-order valence-corrected chi connectivity index (χ2v) is 6.04. The lowest BCUT2D eigenvalue weighted by Gasteiger charge is -2.21. The van der Waals surface area contributed by atoms with Crippen molar-refractivity contribution in [2.45, 2.75) is 26.8 Å². The fraction of sp³-hybridized carbons (Fsp3) is 0.438. The molecule has 1 aromatic carbocycles. The Labute approximate surface area is 135 Å². The number of carbonyl (C=O) groups excluding carboxylic acids is 1. The van der Waals surface area contributed by atoms with Gasteiger partial charge in [-0.2, -0.15) is 0 Å². The van der Waals surface area contributed by atoms with Crippen molar-refractivity contribution < 1.29 is 4.79 Å². The van der Waals surface area contributed by atoms with Crippen LogP contribution in [0.3, 0.4) is 0 Å². The van der Waals surface area contributed by atoms with Gasteiger partial charge < -0.3 is 9.80 Å². The Morgan fingerprint density at radius 1 is 1.18 bits per heavy atom. The second-order valence-electron chi connectivity index (χ2n) is 5.28. The highest BCUT2D eigenvalue weighted by molar-refractivity contribution is 7.07. The standard InChI is InChI=1S/C16H22N4OS/c1-5-14-15(22-18-17-14)16(21)20(6-2)11-12-7-9-13(10-8-12)19(3)4/h7-10H,5-6,11H2,1-4H3. The maximum atomic E-state index is 12.6. The van der Waals surface area contributed by atoms with Gasteiger partial charge in [-0.15, -0.1) is 5.10 Å². The Morgan fingerprint density at radius 2 is 1.86 bits per heavy atom. The van der Waals surface area contributed by atoms with Gasteiger partial charge in [0.1, 0.15) is 4.88 Å². The smallest absolute Gasteiger partial charge is 0.267 e. The van der Waals surface area contributed by atoms with E-state index < -0.39 is 0 Å². The Bertz CT molecular complexity index is 621. The minimum absolute atomic E-state index is 0.0195. The quantitative estimate of drug-likeness (QED) is 0.822. The van der Waals surface area contributed by atoms with Crippen LogP contribution >= 0.6 is 11.5 Å². The third-order valence-corrected chi connectivity index (χ3v) is 4.34. The molecule has 2 rings (SSSR count). The zero-order chi connectivity index (χ0) is 16.1. The molecule has 118 valence electrons. The van der Waals surface area contributed by atoms with Crippen molar-refractivity contribution in [1.29, 1.82) is 0 Å². The van der Waals surface area contributed by atoms with Crippen molar-refractivity contribution in [3.05, 3.63) is 40.4 Å². The number of benzene rings is 1. The molecule has 0 saturated carbocycles. The molecule has 1 aromatic heterocycles. The molecule has 1 amide bonds. The molecule has 0 radical (unpaired) electrons. The molecule has 0 atom stereocenters. The lowest BCUT2D eigenvalue weighted by molar-refractivity contribution is 0.0756. The summed E-state index contributed by atoms with van der Waals surface area (Å²) in [7, 11) is 4.03. The number of hydrogen-bond donors (Lipinski definition) is 0. The molecule has 1 heterocycles. The van der Waals surface area contributed by atoms with Crippen molar-refractivity contribution in [2.75, 3.05) is 25.5 Å². The first-order valence-corrected chi connectivity index (χ1v) is 8.20. The van der Waals surface area contributed by atoms with Crippen LogP contribution in [0.2, 0.25) is 0 Å². The number of anilines is 1. The molecular formula is C16H22N4OS. The van der Waals surface area contributed by atoms with Crippen molar-refractivity contribution in [3.63, 3.8) is 0 Å². The van der Waals surface area contributed by atoms with Crippen LogP contribution in [0.25, 0.3) is 0 Å². The summed E-state index contributed by atoms with van der Waals surface area (Å²) in [4.78, 5) is 17.2. The molecule has 6 heteroatoms. The molecule has 0 spiro atoms. The van der Waals surface area contributed by atoms with Gasteiger partial charge in [0.05, 0.1) is 5.69 Å². The predicted octanol–water partition coefficient (Wildman–Crippen LogP) is 2.83. The number of rotatable bonds is 6. The van der Waals surface area contributed by atoms with Crippen molar-refractivity contribution in [1.82, 2.24) is 14.5 Å². The molecule has 0 aliphatic heterocycles.